The van der Waals surface area contributed by atoms with Crippen molar-refractivity contribution in [2.75, 3.05) is 0 Å². The smallest absolute Gasteiger partial charge is 0.313 e. The van der Waals surface area contributed by atoms with Gasteiger partial charge < -0.3 is 15.7 Å². The maximum atomic E-state index is 10.9. The molecule has 0 radical (unpaired) electrons. The minimum atomic E-state index is -0.598. The van der Waals surface area contributed by atoms with E-state index in [2.05, 4.69) is 10.1 Å². The Morgan fingerprint density at radius 1 is 1.43 bits per heavy atom. The van der Waals surface area contributed by atoms with Crippen molar-refractivity contribution in [3.05, 3.63) is 57.4 Å². The van der Waals surface area contributed by atoms with Crippen molar-refractivity contribution >= 4 is 23.1 Å². The van der Waals surface area contributed by atoms with Crippen LogP contribution in [0, 0.1) is 10.1 Å². The molecular formula is C12H9ClN4O4. The van der Waals surface area contributed by atoms with Crippen molar-refractivity contribution in [2.45, 2.75) is 0 Å². The standard InChI is InChI=1S/C12H9ClN4O4/c13-7-1-4-11(10(5-7)17(19)20)21-8-2-3-9(15-6-8)12(14)16-18/h1-6,18H,(H2,14,16). The molecule has 0 aliphatic heterocycles. The van der Waals surface area contributed by atoms with Crippen molar-refractivity contribution < 1.29 is 14.9 Å². The predicted octanol–water partition coefficient (Wildman–Crippen LogP) is 2.53. The maximum Gasteiger partial charge on any atom is 0.313 e. The molecule has 0 aliphatic rings. The largest absolute Gasteiger partial charge is 0.449 e. The van der Waals surface area contributed by atoms with E-state index in [4.69, 9.17) is 27.3 Å². The highest BCUT2D eigenvalue weighted by Crippen LogP contribution is 2.33. The highest BCUT2D eigenvalue weighted by atomic mass is 35.5. The normalized spacial score (nSPS) is 11.2. The highest BCUT2D eigenvalue weighted by Gasteiger charge is 2.16. The third kappa shape index (κ3) is 3.37. The van der Waals surface area contributed by atoms with Gasteiger partial charge in [0.05, 0.1) is 11.1 Å². The minimum Gasteiger partial charge on any atom is -0.449 e. The van der Waals surface area contributed by atoms with Gasteiger partial charge in [-0.2, -0.15) is 0 Å². The first-order valence-corrected chi connectivity index (χ1v) is 5.95. The first-order chi connectivity index (χ1) is 10.0. The molecule has 0 amide bonds. The van der Waals surface area contributed by atoms with Crippen molar-refractivity contribution in [1.82, 2.24) is 4.98 Å². The van der Waals surface area contributed by atoms with Crippen LogP contribution in [0.1, 0.15) is 5.69 Å². The third-order valence-electron chi connectivity index (χ3n) is 2.45. The number of hydrogen-bond donors (Lipinski definition) is 2. The summed E-state index contributed by atoms with van der Waals surface area (Å²) in [4.78, 5) is 14.2. The molecule has 9 heteroatoms. The zero-order chi connectivity index (χ0) is 15.4. The molecule has 1 aromatic heterocycles. The summed E-state index contributed by atoms with van der Waals surface area (Å²) in [5, 5.41) is 22.5. The number of nitro groups is 1. The molecule has 2 aromatic rings. The monoisotopic (exact) mass is 308 g/mol. The van der Waals surface area contributed by atoms with Gasteiger partial charge in [0.25, 0.3) is 0 Å². The molecule has 0 bridgehead atoms. The van der Waals surface area contributed by atoms with E-state index in [1.165, 1.54) is 36.5 Å². The fourth-order valence-electron chi connectivity index (χ4n) is 1.49. The second-order valence-corrected chi connectivity index (χ2v) is 4.27. The number of nitro benzene ring substituents is 1. The van der Waals surface area contributed by atoms with E-state index < -0.39 is 4.92 Å². The summed E-state index contributed by atoms with van der Waals surface area (Å²) in [5.41, 5.74) is 5.35. The molecule has 0 fully saturated rings. The van der Waals surface area contributed by atoms with Crippen LogP contribution in [-0.4, -0.2) is 21.0 Å². The summed E-state index contributed by atoms with van der Waals surface area (Å²) in [6.07, 6.45) is 1.30. The average Bonchev–Trinajstić information content (AvgIpc) is 2.49. The summed E-state index contributed by atoms with van der Waals surface area (Å²) in [5.74, 6) is 0.136. The van der Waals surface area contributed by atoms with Crippen LogP contribution in [-0.2, 0) is 0 Å². The van der Waals surface area contributed by atoms with Gasteiger partial charge in [0.1, 0.15) is 11.4 Å². The zero-order valence-electron chi connectivity index (χ0n) is 10.4. The third-order valence-corrected chi connectivity index (χ3v) is 2.69. The highest BCUT2D eigenvalue weighted by molar-refractivity contribution is 6.30. The number of hydrogen-bond acceptors (Lipinski definition) is 6. The number of benzene rings is 1. The Kier molecular flexibility index (Phi) is 4.19. The summed E-state index contributed by atoms with van der Waals surface area (Å²) in [6, 6.07) is 6.99. The summed E-state index contributed by atoms with van der Waals surface area (Å²) >= 11 is 5.71. The van der Waals surface area contributed by atoms with Crippen LogP contribution < -0.4 is 10.5 Å². The summed E-state index contributed by atoms with van der Waals surface area (Å²) < 4.78 is 5.39. The first-order valence-electron chi connectivity index (χ1n) is 5.57. The lowest BCUT2D eigenvalue weighted by atomic mass is 10.3. The topological polar surface area (TPSA) is 124 Å². The number of nitrogens with two attached hydrogens (primary N) is 1. The molecule has 2 rings (SSSR count). The lowest BCUT2D eigenvalue weighted by Crippen LogP contribution is -2.14. The number of aromatic nitrogens is 1. The Bertz CT molecular complexity index is 703. The number of halogens is 1. The van der Waals surface area contributed by atoms with E-state index in [9.17, 15) is 10.1 Å². The number of nitrogens with zero attached hydrogens (tertiary/aromatic N) is 3. The number of ether oxygens (including phenoxy) is 1. The lowest BCUT2D eigenvalue weighted by Gasteiger charge is -2.06. The second-order valence-electron chi connectivity index (χ2n) is 3.84. The molecule has 0 spiro atoms. The molecule has 0 atom stereocenters. The van der Waals surface area contributed by atoms with E-state index in [0.29, 0.717) is 0 Å². The van der Waals surface area contributed by atoms with Crippen LogP contribution in [0.25, 0.3) is 0 Å². The van der Waals surface area contributed by atoms with E-state index in [1.807, 2.05) is 0 Å². The van der Waals surface area contributed by atoms with E-state index in [-0.39, 0.29) is 33.7 Å². The van der Waals surface area contributed by atoms with E-state index in [0.717, 1.165) is 0 Å². The van der Waals surface area contributed by atoms with Crippen LogP contribution in [0.5, 0.6) is 11.5 Å². The van der Waals surface area contributed by atoms with Gasteiger partial charge in [0.2, 0.25) is 5.75 Å². The molecule has 108 valence electrons. The average molecular weight is 309 g/mol. The fraction of sp³-hybridized carbons (Fsp3) is 0. The Morgan fingerprint density at radius 2 is 2.19 bits per heavy atom. The first kappa shape index (κ1) is 14.5. The van der Waals surface area contributed by atoms with Crippen LogP contribution in [0.15, 0.2) is 41.7 Å². The minimum absolute atomic E-state index is 0.0303. The van der Waals surface area contributed by atoms with Gasteiger partial charge in [0.15, 0.2) is 5.84 Å². The molecule has 1 heterocycles. The van der Waals surface area contributed by atoms with Gasteiger partial charge >= 0.3 is 5.69 Å². The lowest BCUT2D eigenvalue weighted by molar-refractivity contribution is -0.385. The van der Waals surface area contributed by atoms with Gasteiger partial charge in [-0.15, -0.1) is 0 Å². The van der Waals surface area contributed by atoms with E-state index in [1.54, 1.807) is 0 Å². The molecule has 0 saturated heterocycles. The molecule has 1 aromatic carbocycles. The summed E-state index contributed by atoms with van der Waals surface area (Å²) in [7, 11) is 0. The Morgan fingerprint density at radius 3 is 2.76 bits per heavy atom. The Labute approximate surface area is 123 Å². The predicted molar refractivity (Wildman–Crippen MR) is 74.9 cm³/mol. The number of rotatable bonds is 4. The molecule has 0 unspecified atom stereocenters. The van der Waals surface area contributed by atoms with Gasteiger partial charge in [-0.05, 0) is 24.3 Å². The van der Waals surface area contributed by atoms with Crippen molar-refractivity contribution in [1.29, 1.82) is 0 Å². The fourth-order valence-corrected chi connectivity index (χ4v) is 1.66. The molecule has 21 heavy (non-hydrogen) atoms. The quantitative estimate of drug-likeness (QED) is 0.294. The SMILES string of the molecule is N/C(=N/O)c1ccc(Oc2ccc(Cl)cc2[N+](=O)[O-])cn1. The van der Waals surface area contributed by atoms with Gasteiger partial charge in [-0.1, -0.05) is 16.8 Å². The van der Waals surface area contributed by atoms with Crippen molar-refractivity contribution in [3.8, 4) is 11.5 Å². The second kappa shape index (κ2) is 6.06. The zero-order valence-corrected chi connectivity index (χ0v) is 11.2. The molecule has 3 N–H and O–H groups in total. The van der Waals surface area contributed by atoms with Gasteiger partial charge in [-0.25, -0.2) is 4.98 Å². The maximum absolute atomic E-state index is 10.9. The van der Waals surface area contributed by atoms with Crippen molar-refractivity contribution in [2.24, 2.45) is 10.9 Å². The van der Waals surface area contributed by atoms with Crippen LogP contribution >= 0.6 is 11.6 Å². The van der Waals surface area contributed by atoms with Crippen molar-refractivity contribution in [3.63, 3.8) is 0 Å². The Hall–Kier alpha value is -2.87. The van der Waals surface area contributed by atoms with Gasteiger partial charge in [-0.3, -0.25) is 10.1 Å². The molecule has 0 saturated carbocycles. The number of pyridine rings is 1. The van der Waals surface area contributed by atoms with Crippen LogP contribution in [0.3, 0.4) is 0 Å². The van der Waals surface area contributed by atoms with Crippen LogP contribution in [0.4, 0.5) is 5.69 Å². The molecular weight excluding hydrogens is 300 g/mol. The Balaban J connectivity index is 2.28. The number of amidine groups is 1. The molecule has 0 aliphatic carbocycles. The van der Waals surface area contributed by atoms with E-state index >= 15 is 0 Å². The molecule has 8 nitrogen and oxygen atoms in total. The summed E-state index contributed by atoms with van der Waals surface area (Å²) in [6.45, 7) is 0. The van der Waals surface area contributed by atoms with Crippen LogP contribution in [0.2, 0.25) is 5.02 Å². The van der Waals surface area contributed by atoms with Gasteiger partial charge in [0, 0.05) is 11.1 Å². The number of oxime groups is 1.